The fraction of sp³-hybridized carbons (Fsp3) is 0.235. The Morgan fingerprint density at radius 2 is 1.81 bits per heavy atom. The molecule has 0 aliphatic carbocycles. The van der Waals surface area contributed by atoms with Crippen molar-refractivity contribution in [3.63, 3.8) is 0 Å². The molecule has 0 heterocycles. The van der Waals surface area contributed by atoms with E-state index in [9.17, 15) is 4.79 Å². The number of para-hydroxylation sites is 2. The first-order chi connectivity index (χ1) is 9.95. The highest BCUT2D eigenvalue weighted by Gasteiger charge is 2.19. The summed E-state index contributed by atoms with van der Waals surface area (Å²) in [4.78, 5) is 14.3. The summed E-state index contributed by atoms with van der Waals surface area (Å²) >= 11 is 0. The maximum Gasteiger partial charge on any atom is 0.258 e. The molecule has 0 aliphatic rings. The van der Waals surface area contributed by atoms with Crippen LogP contribution in [-0.2, 0) is 0 Å². The number of hydrogen-bond donors (Lipinski definition) is 1. The van der Waals surface area contributed by atoms with Gasteiger partial charge in [0.2, 0.25) is 0 Å². The number of benzene rings is 2. The Hall–Kier alpha value is -2.49. The Bertz CT molecular complexity index is 680. The molecule has 2 rings (SSSR count). The number of anilines is 2. The SMILES string of the molecule is COc1ccccc1N(C)C(=O)c1cc(N)c(C)cc1C. The molecular weight excluding hydrogens is 264 g/mol. The van der Waals surface area contributed by atoms with Gasteiger partial charge >= 0.3 is 0 Å². The van der Waals surface area contributed by atoms with Gasteiger partial charge in [0, 0.05) is 18.3 Å². The maximum absolute atomic E-state index is 12.7. The van der Waals surface area contributed by atoms with Crippen LogP contribution in [0.3, 0.4) is 0 Å². The van der Waals surface area contributed by atoms with Gasteiger partial charge in [-0.25, -0.2) is 0 Å². The molecule has 0 aromatic heterocycles. The van der Waals surface area contributed by atoms with Gasteiger partial charge in [-0.2, -0.15) is 0 Å². The van der Waals surface area contributed by atoms with Gasteiger partial charge in [0.1, 0.15) is 5.75 Å². The second kappa shape index (κ2) is 5.87. The van der Waals surface area contributed by atoms with Crippen molar-refractivity contribution in [2.45, 2.75) is 13.8 Å². The van der Waals surface area contributed by atoms with Crippen molar-refractivity contribution in [2.24, 2.45) is 0 Å². The monoisotopic (exact) mass is 284 g/mol. The summed E-state index contributed by atoms with van der Waals surface area (Å²) in [5, 5.41) is 0. The summed E-state index contributed by atoms with van der Waals surface area (Å²) in [6, 6.07) is 11.1. The lowest BCUT2D eigenvalue weighted by Gasteiger charge is -2.21. The quantitative estimate of drug-likeness (QED) is 0.881. The normalized spacial score (nSPS) is 10.3. The number of aryl methyl sites for hydroxylation is 2. The van der Waals surface area contributed by atoms with Gasteiger partial charge in [0.15, 0.2) is 0 Å². The van der Waals surface area contributed by atoms with E-state index >= 15 is 0 Å². The highest BCUT2D eigenvalue weighted by atomic mass is 16.5. The average Bonchev–Trinajstić information content (AvgIpc) is 2.49. The van der Waals surface area contributed by atoms with Crippen LogP contribution < -0.4 is 15.4 Å². The molecule has 0 aliphatic heterocycles. The first kappa shape index (κ1) is 14.9. The topological polar surface area (TPSA) is 55.6 Å². The molecule has 0 saturated carbocycles. The Morgan fingerprint density at radius 3 is 2.48 bits per heavy atom. The van der Waals surface area contributed by atoms with Crippen LogP contribution >= 0.6 is 0 Å². The molecule has 0 fully saturated rings. The summed E-state index contributed by atoms with van der Waals surface area (Å²) in [5.41, 5.74) is 9.76. The molecule has 0 atom stereocenters. The minimum Gasteiger partial charge on any atom is -0.495 e. The van der Waals surface area contributed by atoms with E-state index in [0.29, 0.717) is 17.0 Å². The lowest BCUT2D eigenvalue weighted by molar-refractivity contribution is 0.0992. The number of nitrogen functional groups attached to an aromatic ring is 1. The summed E-state index contributed by atoms with van der Waals surface area (Å²) < 4.78 is 5.31. The van der Waals surface area contributed by atoms with E-state index in [0.717, 1.165) is 16.8 Å². The molecule has 2 N–H and O–H groups in total. The van der Waals surface area contributed by atoms with Gasteiger partial charge in [-0.3, -0.25) is 4.79 Å². The van der Waals surface area contributed by atoms with Crippen LogP contribution in [0.2, 0.25) is 0 Å². The number of methoxy groups -OCH3 is 1. The van der Waals surface area contributed by atoms with E-state index in [4.69, 9.17) is 10.5 Å². The first-order valence-corrected chi connectivity index (χ1v) is 6.73. The summed E-state index contributed by atoms with van der Waals surface area (Å²) in [6.45, 7) is 3.84. The number of nitrogens with zero attached hydrogens (tertiary/aromatic N) is 1. The predicted octanol–water partition coefficient (Wildman–Crippen LogP) is 3.17. The van der Waals surface area contributed by atoms with Crippen LogP contribution in [0.15, 0.2) is 36.4 Å². The van der Waals surface area contributed by atoms with Gasteiger partial charge in [-0.15, -0.1) is 0 Å². The highest BCUT2D eigenvalue weighted by molar-refractivity contribution is 6.08. The second-order valence-corrected chi connectivity index (χ2v) is 5.06. The van der Waals surface area contributed by atoms with Crippen LogP contribution in [0.5, 0.6) is 5.75 Å². The Labute approximate surface area is 125 Å². The van der Waals surface area contributed by atoms with E-state index in [1.165, 1.54) is 0 Å². The molecule has 4 heteroatoms. The van der Waals surface area contributed by atoms with Gasteiger partial charge < -0.3 is 15.4 Å². The molecule has 2 aromatic rings. The lowest BCUT2D eigenvalue weighted by atomic mass is 10.0. The van der Waals surface area contributed by atoms with E-state index in [2.05, 4.69) is 0 Å². The lowest BCUT2D eigenvalue weighted by Crippen LogP contribution is -2.27. The standard InChI is InChI=1S/C17H20N2O2/c1-11-9-12(2)14(18)10-13(11)17(20)19(3)15-7-5-6-8-16(15)21-4/h5-10H,18H2,1-4H3. The molecule has 2 aromatic carbocycles. The van der Waals surface area contributed by atoms with Crippen LogP contribution in [0, 0.1) is 13.8 Å². The maximum atomic E-state index is 12.7. The highest BCUT2D eigenvalue weighted by Crippen LogP contribution is 2.29. The zero-order valence-electron chi connectivity index (χ0n) is 12.8. The van der Waals surface area contributed by atoms with Crippen LogP contribution in [0.25, 0.3) is 0 Å². The van der Waals surface area contributed by atoms with Crippen molar-refractivity contribution in [1.29, 1.82) is 0 Å². The minimum atomic E-state index is -0.108. The molecule has 0 saturated heterocycles. The van der Waals surface area contributed by atoms with Crippen molar-refractivity contribution in [3.8, 4) is 5.75 Å². The molecule has 0 spiro atoms. The van der Waals surface area contributed by atoms with E-state index in [-0.39, 0.29) is 5.91 Å². The molecule has 110 valence electrons. The third-order valence-electron chi connectivity index (χ3n) is 3.59. The molecule has 0 bridgehead atoms. The Kier molecular flexibility index (Phi) is 4.17. The van der Waals surface area contributed by atoms with E-state index in [1.54, 1.807) is 25.1 Å². The fourth-order valence-electron chi connectivity index (χ4n) is 2.30. The number of ether oxygens (including phenoxy) is 1. The van der Waals surface area contributed by atoms with Gasteiger partial charge in [-0.05, 0) is 43.2 Å². The van der Waals surface area contributed by atoms with Gasteiger partial charge in [0.05, 0.1) is 12.8 Å². The van der Waals surface area contributed by atoms with Crippen LogP contribution in [0.4, 0.5) is 11.4 Å². The van der Waals surface area contributed by atoms with E-state index < -0.39 is 0 Å². The fourth-order valence-corrected chi connectivity index (χ4v) is 2.30. The number of carbonyl (C=O) groups excluding carboxylic acids is 1. The zero-order chi connectivity index (χ0) is 15.6. The summed E-state index contributed by atoms with van der Waals surface area (Å²) in [5.74, 6) is 0.551. The minimum absolute atomic E-state index is 0.108. The van der Waals surface area contributed by atoms with Gasteiger partial charge in [0.25, 0.3) is 5.91 Å². The van der Waals surface area contributed by atoms with Gasteiger partial charge in [-0.1, -0.05) is 18.2 Å². The number of carbonyl (C=O) groups is 1. The smallest absolute Gasteiger partial charge is 0.258 e. The van der Waals surface area contributed by atoms with Crippen molar-refractivity contribution in [2.75, 3.05) is 24.8 Å². The number of hydrogen-bond acceptors (Lipinski definition) is 3. The first-order valence-electron chi connectivity index (χ1n) is 6.73. The van der Waals surface area contributed by atoms with Crippen molar-refractivity contribution < 1.29 is 9.53 Å². The zero-order valence-corrected chi connectivity index (χ0v) is 12.8. The molecular formula is C17H20N2O2. The Morgan fingerprint density at radius 1 is 1.14 bits per heavy atom. The number of nitrogens with two attached hydrogens (primary N) is 1. The van der Waals surface area contributed by atoms with Crippen molar-refractivity contribution >= 4 is 17.3 Å². The average molecular weight is 284 g/mol. The van der Waals surface area contributed by atoms with Crippen molar-refractivity contribution in [3.05, 3.63) is 53.1 Å². The number of rotatable bonds is 3. The van der Waals surface area contributed by atoms with Crippen LogP contribution in [-0.4, -0.2) is 20.1 Å². The summed E-state index contributed by atoms with van der Waals surface area (Å²) in [7, 11) is 3.32. The second-order valence-electron chi connectivity index (χ2n) is 5.06. The van der Waals surface area contributed by atoms with Crippen LogP contribution in [0.1, 0.15) is 21.5 Å². The predicted molar refractivity (Wildman–Crippen MR) is 86.1 cm³/mol. The summed E-state index contributed by atoms with van der Waals surface area (Å²) in [6.07, 6.45) is 0. The molecule has 1 amide bonds. The Balaban J connectivity index is 2.42. The largest absolute Gasteiger partial charge is 0.495 e. The molecule has 4 nitrogen and oxygen atoms in total. The number of amides is 1. The molecule has 0 unspecified atom stereocenters. The molecule has 0 radical (unpaired) electrons. The van der Waals surface area contributed by atoms with E-state index in [1.807, 2.05) is 44.2 Å². The van der Waals surface area contributed by atoms with Crippen molar-refractivity contribution in [1.82, 2.24) is 0 Å². The third-order valence-corrected chi connectivity index (χ3v) is 3.59. The molecule has 21 heavy (non-hydrogen) atoms. The third kappa shape index (κ3) is 2.84.